The van der Waals surface area contributed by atoms with Crippen LogP contribution in [0.2, 0.25) is 0 Å². The van der Waals surface area contributed by atoms with Crippen LogP contribution >= 0.6 is 11.3 Å². The van der Waals surface area contributed by atoms with Crippen LogP contribution in [-0.2, 0) is 9.59 Å². The lowest BCUT2D eigenvalue weighted by Crippen LogP contribution is -2.29. The highest BCUT2D eigenvalue weighted by atomic mass is 32.1. The van der Waals surface area contributed by atoms with Gasteiger partial charge in [0.25, 0.3) is 5.78 Å². The van der Waals surface area contributed by atoms with Gasteiger partial charge in [0.15, 0.2) is 22.4 Å². The summed E-state index contributed by atoms with van der Waals surface area (Å²) < 4.78 is 16.7. The van der Waals surface area contributed by atoms with Crippen molar-refractivity contribution in [3.8, 4) is 17.2 Å². The van der Waals surface area contributed by atoms with Gasteiger partial charge in [0, 0.05) is 12.5 Å². The van der Waals surface area contributed by atoms with E-state index in [-0.39, 0.29) is 22.2 Å². The summed E-state index contributed by atoms with van der Waals surface area (Å²) in [7, 11) is 3.03. The predicted octanol–water partition coefficient (Wildman–Crippen LogP) is 5.87. The zero-order valence-electron chi connectivity index (χ0n) is 23.1. The third-order valence-electron chi connectivity index (χ3n) is 6.63. The number of amides is 1. The third-order valence-corrected chi connectivity index (χ3v) is 7.89. The summed E-state index contributed by atoms with van der Waals surface area (Å²) in [6.07, 6.45) is 2.99. The number of aryl methyl sites for hydroxylation is 1. The number of aliphatic hydroxyl groups excluding tert-OH is 1. The molecular weight excluding hydrogens is 532 g/mol. The molecule has 0 saturated carbocycles. The first-order chi connectivity index (χ1) is 19.2. The van der Waals surface area contributed by atoms with E-state index in [9.17, 15) is 19.5 Å². The van der Waals surface area contributed by atoms with Gasteiger partial charge in [-0.1, -0.05) is 37.2 Å². The Kier molecular flexibility index (Phi) is 8.89. The maximum Gasteiger partial charge on any atom is 0.301 e. The van der Waals surface area contributed by atoms with Gasteiger partial charge in [-0.2, -0.15) is 0 Å². The summed E-state index contributed by atoms with van der Waals surface area (Å²) >= 11 is 1.03. The first kappa shape index (κ1) is 28.8. The third kappa shape index (κ3) is 5.58. The lowest BCUT2D eigenvalue weighted by molar-refractivity contribution is -0.132. The number of hydrogen-bond donors (Lipinski definition) is 1. The SMILES string of the molecule is CCCCCOc1ccc(C2/C(=C(/O)c3ccc(OC)cc3)C(=O)C(=O)N2c2nc(C)c(C(C)=O)s2)cc1OC. The number of ether oxygens (including phenoxy) is 3. The molecular formula is C30H32N2O7S. The summed E-state index contributed by atoms with van der Waals surface area (Å²) in [5.74, 6) is -0.742. The van der Waals surface area contributed by atoms with Crippen LogP contribution in [0.25, 0.3) is 5.76 Å². The van der Waals surface area contributed by atoms with E-state index < -0.39 is 17.7 Å². The van der Waals surface area contributed by atoms with Gasteiger partial charge in [0.05, 0.1) is 43.0 Å². The minimum absolute atomic E-state index is 0.105. The number of ketones is 2. The van der Waals surface area contributed by atoms with E-state index in [1.165, 1.54) is 26.0 Å². The van der Waals surface area contributed by atoms with Gasteiger partial charge >= 0.3 is 5.91 Å². The maximum absolute atomic E-state index is 13.5. The molecule has 1 aliphatic heterocycles. The molecule has 2 heterocycles. The molecule has 4 rings (SSSR count). The average Bonchev–Trinajstić information content (AvgIpc) is 3.47. The van der Waals surface area contributed by atoms with E-state index in [1.54, 1.807) is 49.4 Å². The second-order valence-corrected chi connectivity index (χ2v) is 10.3. The Bertz CT molecular complexity index is 1460. The maximum atomic E-state index is 13.5. The van der Waals surface area contributed by atoms with Crippen molar-refractivity contribution in [2.45, 2.75) is 46.1 Å². The fourth-order valence-corrected chi connectivity index (χ4v) is 5.56. The number of methoxy groups -OCH3 is 2. The van der Waals surface area contributed by atoms with Gasteiger partial charge in [-0.05, 0) is 55.3 Å². The molecule has 1 amide bonds. The lowest BCUT2D eigenvalue weighted by Gasteiger charge is -2.24. The minimum atomic E-state index is -1.03. The van der Waals surface area contributed by atoms with E-state index in [4.69, 9.17) is 14.2 Å². The second kappa shape index (κ2) is 12.3. The molecule has 1 N–H and O–H groups in total. The number of aromatic nitrogens is 1. The van der Waals surface area contributed by atoms with E-state index in [0.717, 1.165) is 30.6 Å². The first-order valence-corrected chi connectivity index (χ1v) is 13.8. The van der Waals surface area contributed by atoms with Crippen LogP contribution in [-0.4, -0.2) is 48.4 Å². The van der Waals surface area contributed by atoms with E-state index in [1.807, 2.05) is 0 Å². The molecule has 0 spiro atoms. The van der Waals surface area contributed by atoms with Crippen molar-refractivity contribution in [1.29, 1.82) is 0 Å². The number of thiazole rings is 1. The van der Waals surface area contributed by atoms with Crippen molar-refractivity contribution in [3.63, 3.8) is 0 Å². The van der Waals surface area contributed by atoms with Gasteiger partial charge in [0.2, 0.25) is 0 Å². The Balaban J connectivity index is 1.87. The van der Waals surface area contributed by atoms with Crippen molar-refractivity contribution in [2.75, 3.05) is 25.7 Å². The van der Waals surface area contributed by atoms with Gasteiger partial charge in [0.1, 0.15) is 11.5 Å². The summed E-state index contributed by atoms with van der Waals surface area (Å²) in [5.41, 5.74) is 1.19. The van der Waals surface area contributed by atoms with Crippen LogP contribution in [0.15, 0.2) is 48.0 Å². The molecule has 1 unspecified atom stereocenters. The largest absolute Gasteiger partial charge is 0.507 e. The van der Waals surface area contributed by atoms with Crippen LogP contribution in [0.5, 0.6) is 17.2 Å². The molecule has 3 aromatic rings. The molecule has 210 valence electrons. The van der Waals surface area contributed by atoms with Crippen LogP contribution in [0.1, 0.15) is 65.6 Å². The molecule has 2 aromatic carbocycles. The molecule has 1 saturated heterocycles. The van der Waals surface area contributed by atoms with Crippen molar-refractivity contribution >= 4 is 39.7 Å². The van der Waals surface area contributed by atoms with Crippen molar-refractivity contribution < 1.29 is 33.7 Å². The zero-order valence-corrected chi connectivity index (χ0v) is 24.0. The van der Waals surface area contributed by atoms with Crippen molar-refractivity contribution in [2.24, 2.45) is 0 Å². The zero-order chi connectivity index (χ0) is 29.0. The number of carbonyl (C=O) groups excluding carboxylic acids is 3. The molecule has 1 aromatic heterocycles. The van der Waals surface area contributed by atoms with Gasteiger partial charge in [-0.15, -0.1) is 0 Å². The number of rotatable bonds is 11. The molecule has 0 radical (unpaired) electrons. The Morgan fingerprint density at radius 1 is 1.05 bits per heavy atom. The molecule has 1 fully saturated rings. The average molecular weight is 565 g/mol. The van der Waals surface area contributed by atoms with E-state index in [2.05, 4.69) is 11.9 Å². The molecule has 0 aliphatic carbocycles. The van der Waals surface area contributed by atoms with Gasteiger partial charge < -0.3 is 19.3 Å². The number of hydrogen-bond acceptors (Lipinski definition) is 9. The van der Waals surface area contributed by atoms with Crippen LogP contribution in [0.4, 0.5) is 5.13 Å². The number of unbranched alkanes of at least 4 members (excludes halogenated alkanes) is 2. The summed E-state index contributed by atoms with van der Waals surface area (Å²) in [6, 6.07) is 10.6. The predicted molar refractivity (Wildman–Crippen MR) is 153 cm³/mol. The molecule has 1 atom stereocenters. The lowest BCUT2D eigenvalue weighted by atomic mass is 9.95. The number of nitrogens with zero attached hydrogens (tertiary/aromatic N) is 2. The summed E-state index contributed by atoms with van der Waals surface area (Å²) in [6.45, 7) is 5.73. The molecule has 40 heavy (non-hydrogen) atoms. The number of aliphatic hydroxyl groups is 1. The summed E-state index contributed by atoms with van der Waals surface area (Å²) in [4.78, 5) is 45.2. The fourth-order valence-electron chi connectivity index (χ4n) is 4.57. The molecule has 1 aliphatic rings. The highest BCUT2D eigenvalue weighted by molar-refractivity contribution is 7.18. The van der Waals surface area contributed by atoms with Crippen molar-refractivity contribution in [3.05, 3.63) is 69.7 Å². The Morgan fingerprint density at radius 3 is 2.38 bits per heavy atom. The second-order valence-electron chi connectivity index (χ2n) is 9.33. The number of carbonyl (C=O) groups is 3. The highest BCUT2D eigenvalue weighted by Gasteiger charge is 2.48. The highest BCUT2D eigenvalue weighted by Crippen LogP contribution is 2.45. The van der Waals surface area contributed by atoms with E-state index in [0.29, 0.717) is 45.6 Å². The molecule has 0 bridgehead atoms. The molecule has 10 heteroatoms. The van der Waals surface area contributed by atoms with Crippen molar-refractivity contribution in [1.82, 2.24) is 4.98 Å². The Morgan fingerprint density at radius 2 is 1.77 bits per heavy atom. The fraction of sp³-hybridized carbons (Fsp3) is 0.333. The normalized spacial score (nSPS) is 16.3. The van der Waals surface area contributed by atoms with Gasteiger partial charge in [-0.3, -0.25) is 19.3 Å². The van der Waals surface area contributed by atoms with Gasteiger partial charge in [-0.25, -0.2) is 4.98 Å². The standard InChI is InChI=1S/C30H32N2O7S/c1-6-7-8-15-39-22-14-11-20(16-23(22)38-5)25-24(26(34)19-9-12-21(37-4)13-10-19)27(35)29(36)32(25)30-31-17(2)28(40-30)18(3)33/h9-14,16,25,34H,6-8,15H2,1-5H3/b26-24-. The first-order valence-electron chi connectivity index (χ1n) is 13.0. The van der Waals surface area contributed by atoms with E-state index >= 15 is 0 Å². The number of Topliss-reactive ketones (excluding diaryl/α,β-unsaturated/α-hetero) is 2. The van der Waals surface area contributed by atoms with Crippen LogP contribution in [0, 0.1) is 6.92 Å². The van der Waals surface area contributed by atoms with Crippen LogP contribution in [0.3, 0.4) is 0 Å². The quantitative estimate of drug-likeness (QED) is 0.101. The van der Waals surface area contributed by atoms with Crippen LogP contribution < -0.4 is 19.1 Å². The smallest absolute Gasteiger partial charge is 0.301 e. The molecule has 9 nitrogen and oxygen atoms in total. The minimum Gasteiger partial charge on any atom is -0.507 e. The topological polar surface area (TPSA) is 115 Å². The summed E-state index contributed by atoms with van der Waals surface area (Å²) in [5, 5.41) is 11.6. The number of anilines is 1. The Hall–Kier alpha value is -4.18. The monoisotopic (exact) mass is 564 g/mol. The Labute approximate surface area is 237 Å². The number of benzene rings is 2.